The number of hydrogen-bond donors (Lipinski definition) is 2. The summed E-state index contributed by atoms with van der Waals surface area (Å²) in [6.45, 7) is 1.16. The molecule has 0 spiro atoms. The molecule has 10 heavy (non-hydrogen) atoms. The fourth-order valence-electron chi connectivity index (χ4n) is 0.918. The van der Waals surface area contributed by atoms with Crippen LogP contribution in [0.1, 0.15) is 6.42 Å². The van der Waals surface area contributed by atoms with Gasteiger partial charge in [-0.3, -0.25) is 4.79 Å². The molecule has 0 aromatic heterocycles. The van der Waals surface area contributed by atoms with Crippen LogP contribution in [-0.4, -0.2) is 36.9 Å². The highest BCUT2D eigenvalue weighted by Gasteiger charge is 2.21. The number of nitrogens with one attached hydrogen (secondary N) is 1. The summed E-state index contributed by atoms with van der Waals surface area (Å²) >= 11 is 0. The Morgan fingerprint density at radius 2 is 2.60 bits per heavy atom. The molecule has 1 unspecified atom stereocenters. The van der Waals surface area contributed by atoms with Gasteiger partial charge in [0.15, 0.2) is 0 Å². The van der Waals surface area contributed by atoms with Gasteiger partial charge in [-0.25, -0.2) is 0 Å². The maximum absolute atomic E-state index is 10.8. The topological polar surface area (TPSA) is 58.6 Å². The summed E-state index contributed by atoms with van der Waals surface area (Å²) in [5, 5.41) is 11.4. The van der Waals surface area contributed by atoms with Crippen LogP contribution in [0.4, 0.5) is 0 Å². The van der Waals surface area contributed by atoms with Gasteiger partial charge in [0.25, 0.3) is 0 Å². The Morgan fingerprint density at radius 3 is 3.20 bits per heavy atom. The van der Waals surface area contributed by atoms with Crippen LogP contribution in [0.2, 0.25) is 0 Å². The molecular formula is C6H11NO3. The van der Waals surface area contributed by atoms with Gasteiger partial charge in [0.05, 0.1) is 0 Å². The molecule has 0 radical (unpaired) electrons. The Morgan fingerprint density at radius 1 is 1.80 bits per heavy atom. The second kappa shape index (κ2) is 3.53. The molecular weight excluding hydrogens is 134 g/mol. The van der Waals surface area contributed by atoms with Crippen molar-refractivity contribution >= 4 is 5.97 Å². The van der Waals surface area contributed by atoms with Crippen LogP contribution in [0, 0.1) is 0 Å². The summed E-state index contributed by atoms with van der Waals surface area (Å²) in [4.78, 5) is 10.8. The van der Waals surface area contributed by atoms with Crippen molar-refractivity contribution in [3.8, 4) is 0 Å². The number of carbonyl (C=O) groups is 1. The van der Waals surface area contributed by atoms with Crippen LogP contribution < -0.4 is 5.32 Å². The molecule has 58 valence electrons. The molecule has 4 nitrogen and oxygen atoms in total. The molecule has 0 aliphatic carbocycles. The zero-order valence-corrected chi connectivity index (χ0v) is 5.67. The first-order valence-electron chi connectivity index (χ1n) is 3.35. The number of rotatable bonds is 2. The van der Waals surface area contributed by atoms with Gasteiger partial charge >= 0.3 is 5.97 Å². The number of cyclic esters (lactones) is 1. The number of esters is 1. The Balaban J connectivity index is 2.32. The Labute approximate surface area is 59.2 Å². The van der Waals surface area contributed by atoms with Crippen molar-refractivity contribution in [1.82, 2.24) is 5.32 Å². The Kier molecular flexibility index (Phi) is 2.65. The van der Waals surface area contributed by atoms with Crippen LogP contribution >= 0.6 is 0 Å². The monoisotopic (exact) mass is 145 g/mol. The fraction of sp³-hybridized carbons (Fsp3) is 0.833. The standard InChI is InChI=1S/C6H11NO3/c8-3-1-5-6(9)10-4-2-7-5/h5,7-8H,1-4H2. The minimum absolute atomic E-state index is 0.0206. The second-order valence-electron chi connectivity index (χ2n) is 2.19. The Hall–Kier alpha value is -0.610. The minimum Gasteiger partial charge on any atom is -0.463 e. The summed E-state index contributed by atoms with van der Waals surface area (Å²) in [6.07, 6.45) is 0.443. The number of aliphatic hydroxyl groups is 1. The molecule has 0 saturated carbocycles. The van der Waals surface area contributed by atoms with Gasteiger partial charge in [-0.2, -0.15) is 0 Å². The van der Waals surface area contributed by atoms with E-state index in [0.29, 0.717) is 19.6 Å². The number of morpholine rings is 1. The lowest BCUT2D eigenvalue weighted by molar-refractivity contribution is -0.149. The lowest BCUT2D eigenvalue weighted by atomic mass is 10.2. The SMILES string of the molecule is O=C1OCCNC1CCO. The highest BCUT2D eigenvalue weighted by atomic mass is 16.5. The third-order valence-corrected chi connectivity index (χ3v) is 1.44. The van der Waals surface area contributed by atoms with Gasteiger partial charge in [0, 0.05) is 13.2 Å². The van der Waals surface area contributed by atoms with Crippen molar-refractivity contribution < 1.29 is 14.6 Å². The minimum atomic E-state index is -0.293. The summed E-state index contributed by atoms with van der Waals surface area (Å²) < 4.78 is 4.73. The molecule has 1 rings (SSSR count). The van der Waals surface area contributed by atoms with Crippen molar-refractivity contribution in [2.24, 2.45) is 0 Å². The highest BCUT2D eigenvalue weighted by Crippen LogP contribution is 1.98. The van der Waals surface area contributed by atoms with E-state index in [1.165, 1.54) is 0 Å². The van der Waals surface area contributed by atoms with Gasteiger partial charge in [-0.05, 0) is 6.42 Å². The van der Waals surface area contributed by atoms with Crippen molar-refractivity contribution in [2.75, 3.05) is 19.8 Å². The first-order valence-corrected chi connectivity index (χ1v) is 3.35. The molecule has 0 aromatic rings. The van der Waals surface area contributed by atoms with E-state index in [0.717, 1.165) is 0 Å². The molecule has 1 saturated heterocycles. The summed E-state index contributed by atoms with van der Waals surface area (Å²) in [6, 6.07) is -0.293. The van der Waals surface area contributed by atoms with Crippen LogP contribution in [0.15, 0.2) is 0 Å². The predicted octanol–water partition coefficient (Wildman–Crippen LogP) is -1.12. The van der Waals surface area contributed by atoms with Gasteiger partial charge < -0.3 is 15.2 Å². The second-order valence-corrected chi connectivity index (χ2v) is 2.19. The Bertz CT molecular complexity index is 124. The first kappa shape index (κ1) is 7.50. The quantitative estimate of drug-likeness (QED) is 0.483. The number of hydrogen-bond acceptors (Lipinski definition) is 4. The van der Waals surface area contributed by atoms with Crippen molar-refractivity contribution in [1.29, 1.82) is 0 Å². The molecule has 1 heterocycles. The number of ether oxygens (including phenoxy) is 1. The molecule has 2 N–H and O–H groups in total. The lowest BCUT2D eigenvalue weighted by Crippen LogP contribution is -2.45. The molecule has 1 aliphatic heterocycles. The number of aliphatic hydroxyl groups excluding tert-OH is 1. The summed E-state index contributed by atoms with van der Waals surface area (Å²) in [5.41, 5.74) is 0. The largest absolute Gasteiger partial charge is 0.463 e. The average Bonchev–Trinajstić information content (AvgIpc) is 1.94. The van der Waals surface area contributed by atoms with Crippen molar-refractivity contribution in [3.63, 3.8) is 0 Å². The van der Waals surface area contributed by atoms with E-state index < -0.39 is 0 Å². The predicted molar refractivity (Wildman–Crippen MR) is 34.5 cm³/mol. The van der Waals surface area contributed by atoms with E-state index in [9.17, 15) is 4.79 Å². The van der Waals surface area contributed by atoms with E-state index in [2.05, 4.69) is 5.32 Å². The summed E-state index contributed by atoms with van der Waals surface area (Å²) in [5.74, 6) is -0.250. The maximum atomic E-state index is 10.8. The van der Waals surface area contributed by atoms with Crippen LogP contribution in [0.3, 0.4) is 0 Å². The van der Waals surface area contributed by atoms with Crippen molar-refractivity contribution in [3.05, 3.63) is 0 Å². The molecule has 0 amide bonds. The number of carbonyl (C=O) groups excluding carboxylic acids is 1. The van der Waals surface area contributed by atoms with E-state index >= 15 is 0 Å². The van der Waals surface area contributed by atoms with Crippen LogP contribution in [0.5, 0.6) is 0 Å². The van der Waals surface area contributed by atoms with Crippen molar-refractivity contribution in [2.45, 2.75) is 12.5 Å². The van der Waals surface area contributed by atoms with E-state index in [1.807, 2.05) is 0 Å². The zero-order chi connectivity index (χ0) is 7.40. The van der Waals surface area contributed by atoms with Gasteiger partial charge in [-0.1, -0.05) is 0 Å². The van der Waals surface area contributed by atoms with Gasteiger partial charge in [0.2, 0.25) is 0 Å². The van der Waals surface area contributed by atoms with Crippen LogP contribution in [-0.2, 0) is 9.53 Å². The molecule has 1 fully saturated rings. The normalized spacial score (nSPS) is 26.1. The van der Waals surface area contributed by atoms with E-state index in [-0.39, 0.29) is 18.6 Å². The third-order valence-electron chi connectivity index (χ3n) is 1.44. The first-order chi connectivity index (χ1) is 4.84. The third kappa shape index (κ3) is 1.68. The van der Waals surface area contributed by atoms with E-state index in [4.69, 9.17) is 9.84 Å². The molecule has 0 aromatic carbocycles. The van der Waals surface area contributed by atoms with E-state index in [1.54, 1.807) is 0 Å². The van der Waals surface area contributed by atoms with Crippen LogP contribution in [0.25, 0.3) is 0 Å². The lowest BCUT2D eigenvalue weighted by Gasteiger charge is -2.21. The zero-order valence-electron chi connectivity index (χ0n) is 5.67. The molecule has 4 heteroatoms. The maximum Gasteiger partial charge on any atom is 0.323 e. The van der Waals surface area contributed by atoms with Gasteiger partial charge in [-0.15, -0.1) is 0 Å². The molecule has 0 bridgehead atoms. The smallest absolute Gasteiger partial charge is 0.323 e. The van der Waals surface area contributed by atoms with Gasteiger partial charge in [0.1, 0.15) is 12.6 Å². The summed E-state index contributed by atoms with van der Waals surface area (Å²) in [7, 11) is 0. The fourth-order valence-corrected chi connectivity index (χ4v) is 0.918. The molecule has 1 atom stereocenters. The average molecular weight is 145 g/mol. The highest BCUT2D eigenvalue weighted by molar-refractivity contribution is 5.76. The molecule has 1 aliphatic rings.